The number of carbonyl (C=O) groups excluding carboxylic acids is 1. The summed E-state index contributed by atoms with van der Waals surface area (Å²) in [5, 5.41) is 9.77. The third-order valence-corrected chi connectivity index (χ3v) is 4.80. The molecule has 1 fully saturated rings. The fourth-order valence-electron chi connectivity index (χ4n) is 3.34. The maximum atomic E-state index is 12.7. The molecule has 1 N–H and O–H groups in total. The second-order valence-corrected chi connectivity index (χ2v) is 6.40. The maximum absolute atomic E-state index is 12.7. The van der Waals surface area contributed by atoms with Gasteiger partial charge in [-0.05, 0) is 12.1 Å². The number of nitrogens with zero attached hydrogens (tertiary/aromatic N) is 4. The number of aliphatic hydroxyl groups is 1. The lowest BCUT2D eigenvalue weighted by molar-refractivity contribution is -0.133. The van der Waals surface area contributed by atoms with Crippen LogP contribution in [0.25, 0.3) is 22.1 Å². The average Bonchev–Trinajstić information content (AvgIpc) is 3.04. The summed E-state index contributed by atoms with van der Waals surface area (Å²) in [5.41, 5.74) is 0.954. The van der Waals surface area contributed by atoms with Crippen molar-refractivity contribution in [3.63, 3.8) is 0 Å². The number of furan rings is 1. The van der Waals surface area contributed by atoms with Crippen molar-refractivity contribution in [2.24, 2.45) is 0 Å². The lowest BCUT2D eigenvalue weighted by Gasteiger charge is -2.34. The number of piperazine rings is 1. The van der Waals surface area contributed by atoms with Crippen LogP contribution in [0.15, 0.2) is 39.8 Å². The van der Waals surface area contributed by atoms with E-state index in [1.54, 1.807) is 11.0 Å². The molecule has 0 radical (unpaired) electrons. The second kappa shape index (κ2) is 6.89. The summed E-state index contributed by atoms with van der Waals surface area (Å²) in [6.45, 7) is 3.31. The van der Waals surface area contributed by atoms with Crippen LogP contribution in [-0.2, 0) is 11.3 Å². The number of β-amino-alcohol motifs (C(OH)–C–C–N with tert-alkyl or cyclic N) is 1. The molecule has 136 valence electrons. The molecule has 4 rings (SSSR count). The Morgan fingerprint density at radius 3 is 2.73 bits per heavy atom. The molecule has 0 aliphatic carbocycles. The van der Waals surface area contributed by atoms with E-state index in [4.69, 9.17) is 9.52 Å². The zero-order chi connectivity index (χ0) is 18.1. The van der Waals surface area contributed by atoms with E-state index in [-0.39, 0.29) is 30.2 Å². The molecule has 0 saturated carbocycles. The molecule has 8 nitrogen and oxygen atoms in total. The molecular formula is C18H20N4O4. The van der Waals surface area contributed by atoms with Gasteiger partial charge < -0.3 is 14.4 Å². The fraction of sp³-hybridized carbons (Fsp3) is 0.389. The molecule has 1 amide bonds. The van der Waals surface area contributed by atoms with E-state index in [1.165, 1.54) is 10.9 Å². The fourth-order valence-corrected chi connectivity index (χ4v) is 3.34. The summed E-state index contributed by atoms with van der Waals surface area (Å²) < 4.78 is 6.94. The summed E-state index contributed by atoms with van der Waals surface area (Å²) in [6.07, 6.45) is 1.41. The molecule has 3 heterocycles. The molecule has 0 spiro atoms. The van der Waals surface area contributed by atoms with E-state index in [9.17, 15) is 9.59 Å². The largest absolute Gasteiger partial charge is 0.448 e. The Morgan fingerprint density at radius 2 is 1.96 bits per heavy atom. The van der Waals surface area contributed by atoms with E-state index in [2.05, 4.69) is 9.88 Å². The molecule has 0 bridgehead atoms. The Hall–Kier alpha value is -2.71. The maximum Gasteiger partial charge on any atom is 0.297 e. The van der Waals surface area contributed by atoms with Crippen LogP contribution in [0.2, 0.25) is 0 Å². The first-order valence-electron chi connectivity index (χ1n) is 8.65. The molecule has 1 aliphatic rings. The number of amides is 1. The summed E-state index contributed by atoms with van der Waals surface area (Å²) in [5.74, 6) is -0.118. The van der Waals surface area contributed by atoms with Gasteiger partial charge >= 0.3 is 0 Å². The first-order valence-corrected chi connectivity index (χ1v) is 8.65. The number of benzene rings is 1. The van der Waals surface area contributed by atoms with Crippen molar-refractivity contribution < 1.29 is 14.3 Å². The highest BCUT2D eigenvalue weighted by Gasteiger charge is 2.22. The highest BCUT2D eigenvalue weighted by molar-refractivity contribution is 6.01. The highest BCUT2D eigenvalue weighted by Crippen LogP contribution is 2.24. The Kier molecular flexibility index (Phi) is 4.44. The minimum Gasteiger partial charge on any atom is -0.448 e. The predicted molar refractivity (Wildman–Crippen MR) is 95.9 cm³/mol. The van der Waals surface area contributed by atoms with Gasteiger partial charge in [0.15, 0.2) is 0 Å². The van der Waals surface area contributed by atoms with Crippen molar-refractivity contribution in [2.75, 3.05) is 39.3 Å². The molecule has 1 aromatic carbocycles. The zero-order valence-electron chi connectivity index (χ0n) is 14.3. The Bertz CT molecular complexity index is 1000. The van der Waals surface area contributed by atoms with Crippen molar-refractivity contribution in [3.8, 4) is 0 Å². The van der Waals surface area contributed by atoms with Gasteiger partial charge in [-0.25, -0.2) is 4.98 Å². The lowest BCUT2D eigenvalue weighted by atomic mass is 10.2. The summed E-state index contributed by atoms with van der Waals surface area (Å²) in [6, 6.07) is 7.35. The second-order valence-electron chi connectivity index (χ2n) is 6.40. The molecule has 8 heteroatoms. The molecule has 2 aromatic heterocycles. The molecule has 0 atom stereocenters. The first kappa shape index (κ1) is 16.7. The van der Waals surface area contributed by atoms with E-state index in [0.29, 0.717) is 30.7 Å². The van der Waals surface area contributed by atoms with Gasteiger partial charge in [-0.15, -0.1) is 0 Å². The van der Waals surface area contributed by atoms with Gasteiger partial charge in [-0.2, -0.15) is 0 Å². The SMILES string of the molecule is O=C(Cn1cnc2c(oc3ccccc32)c1=O)N1CCN(CCO)CC1. The molecular weight excluding hydrogens is 336 g/mol. The van der Waals surface area contributed by atoms with Gasteiger partial charge in [0.2, 0.25) is 11.5 Å². The van der Waals surface area contributed by atoms with Crippen molar-refractivity contribution in [1.82, 2.24) is 19.4 Å². The Morgan fingerprint density at radius 1 is 1.19 bits per heavy atom. The third kappa shape index (κ3) is 2.97. The van der Waals surface area contributed by atoms with E-state index in [1.807, 2.05) is 18.2 Å². The molecule has 26 heavy (non-hydrogen) atoms. The van der Waals surface area contributed by atoms with Gasteiger partial charge in [0.25, 0.3) is 5.56 Å². The molecule has 0 unspecified atom stereocenters. The topological polar surface area (TPSA) is 91.8 Å². The summed E-state index contributed by atoms with van der Waals surface area (Å²) >= 11 is 0. The summed E-state index contributed by atoms with van der Waals surface area (Å²) in [7, 11) is 0. The quantitative estimate of drug-likeness (QED) is 0.722. The number of carbonyl (C=O) groups is 1. The standard InChI is InChI=1S/C18H20N4O4/c23-10-9-20-5-7-21(8-6-20)15(24)11-22-12-19-16-13-3-1-2-4-14(13)26-17(16)18(22)25/h1-4,12,23H,5-11H2. The van der Waals surface area contributed by atoms with Gasteiger partial charge in [-0.1, -0.05) is 12.1 Å². The Labute approximate surface area is 149 Å². The van der Waals surface area contributed by atoms with Crippen molar-refractivity contribution in [2.45, 2.75) is 6.54 Å². The van der Waals surface area contributed by atoms with Crippen LogP contribution in [0.5, 0.6) is 0 Å². The van der Waals surface area contributed by atoms with Crippen LogP contribution in [0.4, 0.5) is 0 Å². The molecule has 3 aromatic rings. The molecule has 1 saturated heterocycles. The predicted octanol–water partition coefficient (Wildman–Crippen LogP) is 0.279. The van der Waals surface area contributed by atoms with Gasteiger partial charge in [0, 0.05) is 38.1 Å². The van der Waals surface area contributed by atoms with Crippen molar-refractivity contribution >= 4 is 28.0 Å². The monoisotopic (exact) mass is 356 g/mol. The number of fused-ring (bicyclic) bond motifs is 3. The number of aliphatic hydroxyl groups excluding tert-OH is 1. The minimum absolute atomic E-state index is 0.0567. The van der Waals surface area contributed by atoms with E-state index in [0.717, 1.165) is 18.5 Å². The van der Waals surface area contributed by atoms with Crippen LogP contribution in [0.3, 0.4) is 0 Å². The van der Waals surface area contributed by atoms with Gasteiger partial charge in [-0.3, -0.25) is 19.1 Å². The van der Waals surface area contributed by atoms with E-state index < -0.39 is 0 Å². The Balaban J connectivity index is 1.54. The third-order valence-electron chi connectivity index (χ3n) is 4.80. The van der Waals surface area contributed by atoms with Gasteiger partial charge in [0.05, 0.1) is 12.9 Å². The number of para-hydroxylation sites is 1. The lowest BCUT2D eigenvalue weighted by Crippen LogP contribution is -2.50. The summed E-state index contributed by atoms with van der Waals surface area (Å²) in [4.78, 5) is 33.4. The number of rotatable bonds is 4. The normalized spacial score (nSPS) is 15.8. The van der Waals surface area contributed by atoms with Crippen LogP contribution < -0.4 is 5.56 Å². The number of hydrogen-bond acceptors (Lipinski definition) is 6. The van der Waals surface area contributed by atoms with Crippen LogP contribution >= 0.6 is 0 Å². The van der Waals surface area contributed by atoms with Crippen LogP contribution in [-0.4, -0.2) is 69.7 Å². The smallest absolute Gasteiger partial charge is 0.297 e. The van der Waals surface area contributed by atoms with Crippen LogP contribution in [0, 0.1) is 0 Å². The minimum atomic E-state index is -0.349. The van der Waals surface area contributed by atoms with Crippen LogP contribution in [0.1, 0.15) is 0 Å². The number of hydrogen-bond donors (Lipinski definition) is 1. The number of aromatic nitrogens is 2. The zero-order valence-corrected chi connectivity index (χ0v) is 14.3. The average molecular weight is 356 g/mol. The van der Waals surface area contributed by atoms with E-state index >= 15 is 0 Å². The highest BCUT2D eigenvalue weighted by atomic mass is 16.3. The first-order chi connectivity index (χ1) is 12.7. The van der Waals surface area contributed by atoms with Gasteiger partial charge in [0.1, 0.15) is 17.6 Å². The molecule has 1 aliphatic heterocycles. The van der Waals surface area contributed by atoms with Crippen molar-refractivity contribution in [1.29, 1.82) is 0 Å². The van der Waals surface area contributed by atoms with Crippen molar-refractivity contribution in [3.05, 3.63) is 40.9 Å².